The molecule has 0 saturated carbocycles. The maximum Gasteiger partial charge on any atom is 0.291 e. The molecule has 1 aromatic heterocycles. The first-order chi connectivity index (χ1) is 15.6. The Morgan fingerprint density at radius 2 is 1.72 bits per heavy atom. The highest BCUT2D eigenvalue weighted by atomic mass is 16.5. The quantitative estimate of drug-likeness (QED) is 0.453. The van der Waals surface area contributed by atoms with E-state index in [1.807, 2.05) is 44.2 Å². The fourth-order valence-electron chi connectivity index (χ4n) is 2.90. The van der Waals surface area contributed by atoms with Gasteiger partial charge in [0.05, 0.1) is 19.5 Å². The second-order valence-electron chi connectivity index (χ2n) is 6.75. The zero-order valence-corrected chi connectivity index (χ0v) is 18.1. The lowest BCUT2D eigenvalue weighted by Gasteiger charge is -2.11. The summed E-state index contributed by atoms with van der Waals surface area (Å²) in [5, 5.41) is 5.59. The number of furan rings is 1. The Morgan fingerprint density at radius 3 is 2.41 bits per heavy atom. The number of carbonyl (C=O) groups is 2. The zero-order chi connectivity index (χ0) is 22.8. The highest BCUT2D eigenvalue weighted by Crippen LogP contribution is 2.29. The number of rotatable bonds is 10. The molecule has 2 amide bonds. The molecule has 2 aromatic carbocycles. The molecule has 0 atom stereocenters. The minimum atomic E-state index is -0.317. The number of hydrogen-bond acceptors (Lipinski definition) is 5. The van der Waals surface area contributed by atoms with Gasteiger partial charge in [-0.05, 0) is 67.4 Å². The van der Waals surface area contributed by atoms with E-state index in [0.29, 0.717) is 36.9 Å². The highest BCUT2D eigenvalue weighted by Gasteiger charge is 2.08. The number of anilines is 1. The second-order valence-corrected chi connectivity index (χ2v) is 6.75. The van der Waals surface area contributed by atoms with Crippen molar-refractivity contribution in [1.29, 1.82) is 0 Å². The molecule has 0 spiro atoms. The maximum atomic E-state index is 12.2. The maximum absolute atomic E-state index is 12.2. The molecule has 2 N–H and O–H groups in total. The fraction of sp³-hybridized carbons (Fsp3) is 0.200. The first kappa shape index (κ1) is 22.7. The van der Waals surface area contributed by atoms with Crippen LogP contribution in [0, 0.1) is 0 Å². The third-order valence-corrected chi connectivity index (χ3v) is 4.42. The summed E-state index contributed by atoms with van der Waals surface area (Å²) in [5.41, 5.74) is 2.38. The van der Waals surface area contributed by atoms with E-state index in [0.717, 1.165) is 11.1 Å². The van der Waals surface area contributed by atoms with E-state index < -0.39 is 0 Å². The molecule has 0 fully saturated rings. The number of nitrogens with one attached hydrogen (secondary N) is 2. The summed E-state index contributed by atoms with van der Waals surface area (Å²) in [6.45, 7) is 5.26. The molecule has 7 heteroatoms. The molecule has 0 radical (unpaired) electrons. The number of carbonyl (C=O) groups excluding carboxylic acids is 2. The van der Waals surface area contributed by atoms with Gasteiger partial charge in [-0.25, -0.2) is 0 Å². The van der Waals surface area contributed by atoms with Crippen molar-refractivity contribution < 1.29 is 23.5 Å². The predicted octanol–water partition coefficient (Wildman–Crippen LogP) is 4.66. The van der Waals surface area contributed by atoms with Crippen molar-refractivity contribution in [3.05, 3.63) is 83.8 Å². The summed E-state index contributed by atoms with van der Waals surface area (Å²) in [5.74, 6) is 1.04. The monoisotopic (exact) mass is 434 g/mol. The van der Waals surface area contributed by atoms with Crippen LogP contribution in [0.4, 0.5) is 5.69 Å². The van der Waals surface area contributed by atoms with Gasteiger partial charge in [0, 0.05) is 18.3 Å². The van der Waals surface area contributed by atoms with E-state index in [9.17, 15) is 9.59 Å². The molecular weight excluding hydrogens is 408 g/mol. The van der Waals surface area contributed by atoms with Gasteiger partial charge in [0.2, 0.25) is 5.91 Å². The Balaban J connectivity index is 1.51. The van der Waals surface area contributed by atoms with Crippen molar-refractivity contribution in [1.82, 2.24) is 5.32 Å². The van der Waals surface area contributed by atoms with E-state index in [1.54, 1.807) is 30.3 Å². The van der Waals surface area contributed by atoms with Crippen LogP contribution in [0.25, 0.3) is 6.08 Å². The van der Waals surface area contributed by atoms with Crippen molar-refractivity contribution >= 4 is 23.6 Å². The summed E-state index contributed by atoms with van der Waals surface area (Å²) in [6.07, 6.45) is 4.65. The van der Waals surface area contributed by atoms with Crippen LogP contribution in [0.1, 0.15) is 35.5 Å². The van der Waals surface area contributed by atoms with Gasteiger partial charge in [-0.3, -0.25) is 9.59 Å². The van der Waals surface area contributed by atoms with Crippen molar-refractivity contribution in [3.63, 3.8) is 0 Å². The second kappa shape index (κ2) is 11.4. The molecule has 0 unspecified atom stereocenters. The lowest BCUT2D eigenvalue weighted by atomic mass is 10.1. The van der Waals surface area contributed by atoms with Gasteiger partial charge in [-0.2, -0.15) is 0 Å². The Labute approximate surface area is 187 Å². The van der Waals surface area contributed by atoms with Crippen LogP contribution in [-0.4, -0.2) is 25.0 Å². The van der Waals surface area contributed by atoms with Gasteiger partial charge < -0.3 is 24.5 Å². The van der Waals surface area contributed by atoms with Crippen LogP contribution in [0.2, 0.25) is 0 Å². The van der Waals surface area contributed by atoms with E-state index in [2.05, 4.69) is 10.6 Å². The van der Waals surface area contributed by atoms with Gasteiger partial charge in [0.1, 0.15) is 0 Å². The Hall–Kier alpha value is -4.00. The van der Waals surface area contributed by atoms with Crippen molar-refractivity contribution in [2.24, 2.45) is 0 Å². The number of ether oxygens (including phenoxy) is 2. The molecule has 1 heterocycles. The normalized spacial score (nSPS) is 10.7. The molecule has 0 aliphatic heterocycles. The van der Waals surface area contributed by atoms with Crippen LogP contribution in [-0.2, 0) is 11.3 Å². The average molecular weight is 434 g/mol. The summed E-state index contributed by atoms with van der Waals surface area (Å²) in [6, 6.07) is 16.0. The van der Waals surface area contributed by atoms with Crippen LogP contribution in [0.5, 0.6) is 11.5 Å². The highest BCUT2D eigenvalue weighted by molar-refractivity contribution is 6.02. The van der Waals surface area contributed by atoms with Gasteiger partial charge in [0.15, 0.2) is 17.3 Å². The minimum absolute atomic E-state index is 0.216. The Kier molecular flexibility index (Phi) is 8.09. The molecule has 3 aromatic rings. The molecule has 166 valence electrons. The lowest BCUT2D eigenvalue weighted by molar-refractivity contribution is -0.116. The largest absolute Gasteiger partial charge is 0.490 e. The molecule has 0 aliphatic rings. The zero-order valence-electron chi connectivity index (χ0n) is 18.1. The smallest absolute Gasteiger partial charge is 0.291 e. The van der Waals surface area contributed by atoms with E-state index in [4.69, 9.17) is 13.9 Å². The van der Waals surface area contributed by atoms with Crippen molar-refractivity contribution in [3.8, 4) is 11.5 Å². The van der Waals surface area contributed by atoms with Crippen LogP contribution >= 0.6 is 0 Å². The molecule has 0 aliphatic carbocycles. The van der Waals surface area contributed by atoms with Crippen LogP contribution in [0.3, 0.4) is 0 Å². The third-order valence-electron chi connectivity index (χ3n) is 4.42. The molecule has 0 saturated heterocycles. The van der Waals surface area contributed by atoms with Crippen molar-refractivity contribution in [2.45, 2.75) is 20.4 Å². The summed E-state index contributed by atoms with van der Waals surface area (Å²) < 4.78 is 16.2. The molecule has 3 rings (SSSR count). The van der Waals surface area contributed by atoms with Crippen LogP contribution in [0.15, 0.2) is 71.4 Å². The fourth-order valence-corrected chi connectivity index (χ4v) is 2.90. The van der Waals surface area contributed by atoms with Gasteiger partial charge in [-0.15, -0.1) is 0 Å². The minimum Gasteiger partial charge on any atom is -0.490 e. The predicted molar refractivity (Wildman–Crippen MR) is 123 cm³/mol. The Morgan fingerprint density at radius 1 is 0.969 bits per heavy atom. The number of amides is 2. The number of hydrogen-bond donors (Lipinski definition) is 2. The molecule has 7 nitrogen and oxygen atoms in total. The van der Waals surface area contributed by atoms with Gasteiger partial charge in [-0.1, -0.05) is 18.2 Å². The first-order valence-corrected chi connectivity index (χ1v) is 10.4. The van der Waals surface area contributed by atoms with Gasteiger partial charge >= 0.3 is 0 Å². The topological polar surface area (TPSA) is 89.8 Å². The number of benzene rings is 2. The summed E-state index contributed by atoms with van der Waals surface area (Å²) >= 11 is 0. The average Bonchev–Trinajstić information content (AvgIpc) is 3.34. The van der Waals surface area contributed by atoms with Crippen LogP contribution < -0.4 is 20.1 Å². The third kappa shape index (κ3) is 6.50. The van der Waals surface area contributed by atoms with E-state index in [-0.39, 0.29) is 17.6 Å². The molecular formula is C25H26N2O5. The van der Waals surface area contributed by atoms with E-state index >= 15 is 0 Å². The van der Waals surface area contributed by atoms with E-state index in [1.165, 1.54) is 12.3 Å². The van der Waals surface area contributed by atoms with Crippen molar-refractivity contribution in [2.75, 3.05) is 18.5 Å². The standard InChI is InChI=1S/C25H26N2O5/c1-3-30-21-13-9-18(16-23(21)31-4-2)10-14-24(28)26-17-19-7-11-20(12-8-19)27-25(29)22-6-5-15-32-22/h5-16H,3-4,17H2,1-2H3,(H,26,28)(H,27,29)/b14-10+. The summed E-state index contributed by atoms with van der Waals surface area (Å²) in [4.78, 5) is 24.2. The SMILES string of the molecule is CCOc1ccc(/C=C/C(=O)NCc2ccc(NC(=O)c3ccco3)cc2)cc1OCC. The summed E-state index contributed by atoms with van der Waals surface area (Å²) in [7, 11) is 0. The lowest BCUT2D eigenvalue weighted by Crippen LogP contribution is -2.20. The Bertz CT molecular complexity index is 1060. The molecule has 0 bridgehead atoms. The molecule has 32 heavy (non-hydrogen) atoms. The van der Waals surface area contributed by atoms with Gasteiger partial charge in [0.25, 0.3) is 5.91 Å². The first-order valence-electron chi connectivity index (χ1n) is 10.4.